The number of hydrogen-bond acceptors (Lipinski definition) is 4. The van der Waals surface area contributed by atoms with E-state index in [4.69, 9.17) is 4.74 Å². The van der Waals surface area contributed by atoms with Gasteiger partial charge in [0.1, 0.15) is 5.41 Å². The third-order valence-electron chi connectivity index (χ3n) is 5.29. The quantitative estimate of drug-likeness (QED) is 0.677. The van der Waals surface area contributed by atoms with Crippen LogP contribution in [0.15, 0.2) is 0 Å². The van der Waals surface area contributed by atoms with E-state index in [0.29, 0.717) is 11.8 Å². The maximum absolute atomic E-state index is 12.4. The molecule has 3 fully saturated rings. The first-order valence-electron chi connectivity index (χ1n) is 7.37. The average molecular weight is 282 g/mol. The van der Waals surface area contributed by atoms with Gasteiger partial charge in [0.05, 0.1) is 25.3 Å². The van der Waals surface area contributed by atoms with Crippen molar-refractivity contribution in [3.8, 4) is 0 Å². The molecule has 6 nitrogen and oxygen atoms in total. The molecular formula is C14H22N2O4. The average Bonchev–Trinajstić information content (AvgIpc) is 3.05. The van der Waals surface area contributed by atoms with Crippen molar-refractivity contribution in [3.05, 3.63) is 0 Å². The second-order valence-electron chi connectivity index (χ2n) is 6.54. The van der Waals surface area contributed by atoms with Crippen LogP contribution in [0.1, 0.15) is 26.2 Å². The molecule has 0 spiro atoms. The van der Waals surface area contributed by atoms with E-state index in [0.717, 1.165) is 13.0 Å². The fraction of sp³-hybridized carbons (Fsp3) is 0.857. The van der Waals surface area contributed by atoms with Crippen LogP contribution in [-0.4, -0.2) is 48.8 Å². The fourth-order valence-corrected chi connectivity index (χ4v) is 3.82. The van der Waals surface area contributed by atoms with Gasteiger partial charge in [0.2, 0.25) is 5.91 Å². The molecule has 0 radical (unpaired) electrons. The number of hydrogen-bond donors (Lipinski definition) is 3. The third kappa shape index (κ3) is 2.11. The van der Waals surface area contributed by atoms with E-state index in [1.54, 1.807) is 6.92 Å². The highest BCUT2D eigenvalue weighted by Crippen LogP contribution is 2.38. The van der Waals surface area contributed by atoms with Crippen molar-refractivity contribution in [2.24, 2.45) is 17.3 Å². The zero-order valence-electron chi connectivity index (χ0n) is 11.7. The summed E-state index contributed by atoms with van der Waals surface area (Å²) in [5.41, 5.74) is -1.02. The van der Waals surface area contributed by atoms with E-state index in [1.165, 1.54) is 12.8 Å². The molecule has 3 rings (SSSR count). The lowest BCUT2D eigenvalue weighted by Crippen LogP contribution is -2.54. The van der Waals surface area contributed by atoms with E-state index in [-0.39, 0.29) is 25.2 Å². The summed E-state index contributed by atoms with van der Waals surface area (Å²) in [6, 6.07) is -0.615. The van der Waals surface area contributed by atoms with Gasteiger partial charge in [-0.1, -0.05) is 6.42 Å². The largest absolute Gasteiger partial charge is 0.481 e. The van der Waals surface area contributed by atoms with Crippen LogP contribution in [0.2, 0.25) is 0 Å². The smallest absolute Gasteiger partial charge is 0.313 e. The van der Waals surface area contributed by atoms with Crippen molar-refractivity contribution in [1.29, 1.82) is 0 Å². The molecule has 5 atom stereocenters. The molecule has 0 aromatic carbocycles. The SMILES string of the molecule is CC1(C(=O)O)COCC1NC(=O)C1NCC2CCCC21. The van der Waals surface area contributed by atoms with E-state index in [1.807, 2.05) is 0 Å². The van der Waals surface area contributed by atoms with Gasteiger partial charge in [-0.3, -0.25) is 9.59 Å². The molecule has 2 aliphatic heterocycles. The van der Waals surface area contributed by atoms with Crippen LogP contribution in [0.5, 0.6) is 0 Å². The highest BCUT2D eigenvalue weighted by molar-refractivity contribution is 5.84. The van der Waals surface area contributed by atoms with Gasteiger partial charge >= 0.3 is 5.97 Å². The van der Waals surface area contributed by atoms with Gasteiger partial charge in [0, 0.05) is 0 Å². The Labute approximate surface area is 118 Å². The standard InChI is InChI=1S/C14H22N2O4/c1-14(13(18)19)7-20-6-10(14)16-12(17)11-9-4-2-3-8(9)5-15-11/h8-11,15H,2-7H2,1H3,(H,16,17)(H,18,19). The van der Waals surface area contributed by atoms with Crippen LogP contribution in [0, 0.1) is 17.3 Å². The van der Waals surface area contributed by atoms with Crippen molar-refractivity contribution in [2.75, 3.05) is 19.8 Å². The molecule has 0 bridgehead atoms. The maximum atomic E-state index is 12.4. The topological polar surface area (TPSA) is 87.7 Å². The van der Waals surface area contributed by atoms with Crippen LogP contribution in [0.25, 0.3) is 0 Å². The molecule has 2 saturated heterocycles. The molecule has 1 saturated carbocycles. The molecular weight excluding hydrogens is 260 g/mol. The predicted molar refractivity (Wildman–Crippen MR) is 71.1 cm³/mol. The van der Waals surface area contributed by atoms with Gasteiger partial charge in [-0.15, -0.1) is 0 Å². The lowest BCUT2D eigenvalue weighted by atomic mass is 9.85. The Bertz CT molecular complexity index is 427. The van der Waals surface area contributed by atoms with Gasteiger partial charge < -0.3 is 20.5 Å². The summed E-state index contributed by atoms with van der Waals surface area (Å²) in [6.07, 6.45) is 3.48. The Morgan fingerprint density at radius 2 is 2.20 bits per heavy atom. The lowest BCUT2D eigenvalue weighted by molar-refractivity contribution is -0.149. The van der Waals surface area contributed by atoms with Crippen molar-refractivity contribution in [1.82, 2.24) is 10.6 Å². The molecule has 6 heteroatoms. The zero-order chi connectivity index (χ0) is 14.3. The van der Waals surface area contributed by atoms with Gasteiger partial charge in [0.25, 0.3) is 0 Å². The number of rotatable bonds is 3. The number of amides is 1. The third-order valence-corrected chi connectivity index (χ3v) is 5.29. The van der Waals surface area contributed by atoms with Crippen LogP contribution >= 0.6 is 0 Å². The second kappa shape index (κ2) is 5.00. The molecule has 3 N–H and O–H groups in total. The first-order chi connectivity index (χ1) is 9.52. The van der Waals surface area contributed by atoms with Gasteiger partial charge in [-0.25, -0.2) is 0 Å². The Balaban J connectivity index is 1.66. The number of aliphatic carboxylic acids is 1. The highest BCUT2D eigenvalue weighted by Gasteiger charge is 2.49. The minimum atomic E-state index is -1.02. The maximum Gasteiger partial charge on any atom is 0.313 e. The summed E-state index contributed by atoms with van der Waals surface area (Å²) in [4.78, 5) is 23.8. The summed E-state index contributed by atoms with van der Waals surface area (Å²) >= 11 is 0. The van der Waals surface area contributed by atoms with Crippen molar-refractivity contribution >= 4 is 11.9 Å². The zero-order valence-corrected chi connectivity index (χ0v) is 11.7. The molecule has 1 aliphatic carbocycles. The second-order valence-corrected chi connectivity index (χ2v) is 6.54. The van der Waals surface area contributed by atoms with Crippen LogP contribution in [0.3, 0.4) is 0 Å². The molecule has 3 aliphatic rings. The fourth-order valence-electron chi connectivity index (χ4n) is 3.82. The van der Waals surface area contributed by atoms with Gasteiger partial charge in [0.15, 0.2) is 0 Å². The monoisotopic (exact) mass is 282 g/mol. The number of carboxylic acid groups (broad SMARTS) is 1. The number of nitrogens with one attached hydrogen (secondary N) is 2. The summed E-state index contributed by atoms with van der Waals surface area (Å²) in [7, 11) is 0. The first-order valence-corrected chi connectivity index (χ1v) is 7.37. The number of carbonyl (C=O) groups excluding carboxylic acids is 1. The lowest BCUT2D eigenvalue weighted by Gasteiger charge is -2.27. The molecule has 2 heterocycles. The van der Waals surface area contributed by atoms with E-state index in [2.05, 4.69) is 10.6 Å². The van der Waals surface area contributed by atoms with Gasteiger partial charge in [-0.05, 0) is 38.1 Å². The predicted octanol–water partition coefficient (Wildman–Crippen LogP) is -0.0196. The van der Waals surface area contributed by atoms with Crippen molar-refractivity contribution < 1.29 is 19.4 Å². The van der Waals surface area contributed by atoms with Crippen LogP contribution in [0.4, 0.5) is 0 Å². The highest BCUT2D eigenvalue weighted by atomic mass is 16.5. The molecule has 1 amide bonds. The van der Waals surface area contributed by atoms with Crippen LogP contribution in [-0.2, 0) is 14.3 Å². The summed E-state index contributed by atoms with van der Waals surface area (Å²) in [5, 5.41) is 15.5. The first kappa shape index (κ1) is 13.8. The Hall–Kier alpha value is -1.14. The normalized spacial score (nSPS) is 43.5. The molecule has 20 heavy (non-hydrogen) atoms. The van der Waals surface area contributed by atoms with E-state index >= 15 is 0 Å². The number of carboxylic acids is 1. The van der Waals surface area contributed by atoms with Crippen molar-refractivity contribution in [3.63, 3.8) is 0 Å². The number of fused-ring (bicyclic) bond motifs is 1. The molecule has 112 valence electrons. The molecule has 0 aromatic rings. The van der Waals surface area contributed by atoms with E-state index < -0.39 is 17.4 Å². The number of ether oxygens (including phenoxy) is 1. The molecule has 0 aromatic heterocycles. The van der Waals surface area contributed by atoms with Crippen molar-refractivity contribution in [2.45, 2.75) is 38.3 Å². The summed E-state index contributed by atoms with van der Waals surface area (Å²) in [6.45, 7) is 2.96. The minimum absolute atomic E-state index is 0.0672. The van der Waals surface area contributed by atoms with E-state index in [9.17, 15) is 14.7 Å². The number of carbonyl (C=O) groups is 2. The van der Waals surface area contributed by atoms with Crippen LogP contribution < -0.4 is 10.6 Å². The summed E-state index contributed by atoms with van der Waals surface area (Å²) < 4.78 is 5.27. The van der Waals surface area contributed by atoms with Gasteiger partial charge in [-0.2, -0.15) is 0 Å². The Morgan fingerprint density at radius 3 is 2.95 bits per heavy atom. The Morgan fingerprint density at radius 1 is 1.40 bits per heavy atom. The minimum Gasteiger partial charge on any atom is -0.481 e. The molecule has 5 unspecified atom stereocenters. The Kier molecular flexibility index (Phi) is 3.46. The summed E-state index contributed by atoms with van der Waals surface area (Å²) in [5.74, 6) is 0.0330.